The van der Waals surface area contributed by atoms with Gasteiger partial charge in [0.25, 0.3) is 11.5 Å². The van der Waals surface area contributed by atoms with E-state index in [1.807, 2.05) is 20.8 Å². The summed E-state index contributed by atoms with van der Waals surface area (Å²) in [5, 5.41) is 11.8. The van der Waals surface area contributed by atoms with Gasteiger partial charge in [-0.05, 0) is 19.3 Å². The number of rotatable bonds is 5. The number of amides is 1. The fraction of sp³-hybridized carbons (Fsp3) is 0.500. The number of carbonyl (C=O) groups excluding carboxylic acids is 1. The Morgan fingerprint density at radius 1 is 1.52 bits per heavy atom. The highest BCUT2D eigenvalue weighted by atomic mass is 32.1. The molecule has 2 heterocycles. The van der Waals surface area contributed by atoms with Gasteiger partial charge >= 0.3 is 0 Å². The highest BCUT2D eigenvalue weighted by Crippen LogP contribution is 2.13. The molecule has 0 aliphatic heterocycles. The van der Waals surface area contributed by atoms with E-state index in [9.17, 15) is 9.59 Å². The molecule has 0 aliphatic rings. The summed E-state index contributed by atoms with van der Waals surface area (Å²) in [4.78, 5) is 30.3. The van der Waals surface area contributed by atoms with Crippen molar-refractivity contribution in [3.63, 3.8) is 0 Å². The van der Waals surface area contributed by atoms with Crippen LogP contribution in [0.15, 0.2) is 17.2 Å². The first-order valence-corrected chi connectivity index (χ1v) is 7.65. The standard InChI is InChI=1S/C14H19N3O3S/c1-8(2)11(4-5-18)16-12(19)10-6-15-14-17(13(10)20)7-9(3)21-14/h6-8,11,18H,4-5H2,1-3H3,(H,16,19). The van der Waals surface area contributed by atoms with Gasteiger partial charge in [0.1, 0.15) is 5.56 Å². The molecule has 0 aliphatic carbocycles. The van der Waals surface area contributed by atoms with Crippen molar-refractivity contribution in [1.82, 2.24) is 14.7 Å². The van der Waals surface area contributed by atoms with E-state index in [0.29, 0.717) is 11.4 Å². The SMILES string of the molecule is Cc1cn2c(=O)c(C(=O)NC(CCO)C(C)C)cnc2s1. The summed E-state index contributed by atoms with van der Waals surface area (Å²) in [6.45, 7) is 5.78. The highest BCUT2D eigenvalue weighted by molar-refractivity contribution is 7.16. The second-order valence-electron chi connectivity index (χ2n) is 5.31. The van der Waals surface area contributed by atoms with E-state index in [1.54, 1.807) is 6.20 Å². The van der Waals surface area contributed by atoms with Gasteiger partial charge in [-0.1, -0.05) is 13.8 Å². The summed E-state index contributed by atoms with van der Waals surface area (Å²) in [5.74, 6) is -0.276. The molecule has 1 amide bonds. The fourth-order valence-corrected chi connectivity index (χ4v) is 2.89. The van der Waals surface area contributed by atoms with Gasteiger partial charge in [-0.2, -0.15) is 0 Å². The predicted molar refractivity (Wildman–Crippen MR) is 81.9 cm³/mol. The zero-order chi connectivity index (χ0) is 15.6. The Balaban J connectivity index is 2.31. The van der Waals surface area contributed by atoms with Crippen LogP contribution in [-0.4, -0.2) is 33.0 Å². The summed E-state index contributed by atoms with van der Waals surface area (Å²) >= 11 is 1.40. The van der Waals surface area contributed by atoms with Crippen molar-refractivity contribution in [1.29, 1.82) is 0 Å². The molecule has 2 aromatic heterocycles. The van der Waals surface area contributed by atoms with Crippen molar-refractivity contribution in [3.8, 4) is 0 Å². The van der Waals surface area contributed by atoms with E-state index in [1.165, 1.54) is 21.9 Å². The average Bonchev–Trinajstić information content (AvgIpc) is 2.80. The van der Waals surface area contributed by atoms with Crippen molar-refractivity contribution in [3.05, 3.63) is 33.2 Å². The molecular weight excluding hydrogens is 290 g/mol. The Hall–Kier alpha value is -1.73. The number of fused-ring (bicyclic) bond motifs is 1. The molecule has 0 saturated heterocycles. The van der Waals surface area contributed by atoms with Gasteiger partial charge in [-0.15, -0.1) is 11.3 Å². The molecule has 0 radical (unpaired) electrons. The van der Waals surface area contributed by atoms with E-state index in [2.05, 4.69) is 10.3 Å². The van der Waals surface area contributed by atoms with Gasteiger partial charge in [-0.3, -0.25) is 14.0 Å². The van der Waals surface area contributed by atoms with Gasteiger partial charge in [0, 0.05) is 29.9 Å². The Kier molecular flexibility index (Phi) is 4.74. The van der Waals surface area contributed by atoms with Gasteiger partial charge < -0.3 is 10.4 Å². The minimum Gasteiger partial charge on any atom is -0.396 e. The maximum atomic E-state index is 12.3. The number of aromatic nitrogens is 2. The number of nitrogens with zero attached hydrogens (tertiary/aromatic N) is 2. The van der Waals surface area contributed by atoms with E-state index in [0.717, 1.165) is 4.88 Å². The quantitative estimate of drug-likeness (QED) is 0.869. The number of thiazole rings is 1. The predicted octanol–water partition coefficient (Wildman–Crippen LogP) is 1.20. The Morgan fingerprint density at radius 3 is 2.86 bits per heavy atom. The van der Waals surface area contributed by atoms with Crippen LogP contribution in [0.4, 0.5) is 0 Å². The average molecular weight is 309 g/mol. The van der Waals surface area contributed by atoms with Crippen molar-refractivity contribution >= 4 is 22.2 Å². The lowest BCUT2D eigenvalue weighted by molar-refractivity contribution is 0.0914. The maximum absolute atomic E-state index is 12.3. The van der Waals surface area contributed by atoms with Gasteiger partial charge in [-0.25, -0.2) is 4.98 Å². The van der Waals surface area contributed by atoms with Crippen molar-refractivity contribution < 1.29 is 9.90 Å². The fourth-order valence-electron chi connectivity index (χ4n) is 2.11. The Morgan fingerprint density at radius 2 is 2.24 bits per heavy atom. The molecule has 2 rings (SSSR count). The second-order valence-corrected chi connectivity index (χ2v) is 6.52. The van der Waals surface area contributed by atoms with Crippen molar-refractivity contribution in [2.24, 2.45) is 5.92 Å². The van der Waals surface area contributed by atoms with Crippen molar-refractivity contribution in [2.75, 3.05) is 6.61 Å². The first kappa shape index (κ1) is 15.7. The summed E-state index contributed by atoms with van der Waals surface area (Å²) < 4.78 is 1.39. The third-order valence-corrected chi connectivity index (χ3v) is 4.24. The molecule has 21 heavy (non-hydrogen) atoms. The van der Waals surface area contributed by atoms with Gasteiger partial charge in [0.2, 0.25) is 0 Å². The zero-order valence-corrected chi connectivity index (χ0v) is 13.1. The topological polar surface area (TPSA) is 83.7 Å². The van der Waals surface area contributed by atoms with Crippen LogP contribution >= 0.6 is 11.3 Å². The maximum Gasteiger partial charge on any atom is 0.271 e. The zero-order valence-electron chi connectivity index (χ0n) is 12.3. The third-order valence-electron chi connectivity index (χ3n) is 3.33. The lowest BCUT2D eigenvalue weighted by Gasteiger charge is -2.21. The summed E-state index contributed by atoms with van der Waals surface area (Å²) in [6, 6.07) is -0.174. The van der Waals surface area contributed by atoms with E-state index in [-0.39, 0.29) is 29.7 Å². The number of hydrogen-bond donors (Lipinski definition) is 2. The smallest absolute Gasteiger partial charge is 0.271 e. The minimum atomic E-state index is -0.446. The Labute approximate surface area is 126 Å². The van der Waals surface area contributed by atoms with Crippen molar-refractivity contribution in [2.45, 2.75) is 33.2 Å². The number of hydrogen-bond acceptors (Lipinski definition) is 5. The summed E-state index contributed by atoms with van der Waals surface area (Å²) in [5.41, 5.74) is -0.345. The van der Waals surface area contributed by atoms with Crippen LogP contribution in [0.5, 0.6) is 0 Å². The van der Waals surface area contributed by atoms with E-state index >= 15 is 0 Å². The second kappa shape index (κ2) is 6.36. The summed E-state index contributed by atoms with van der Waals surface area (Å²) in [6.07, 6.45) is 3.46. The summed E-state index contributed by atoms with van der Waals surface area (Å²) in [7, 11) is 0. The molecule has 2 N–H and O–H groups in total. The van der Waals surface area contributed by atoms with Crippen LogP contribution in [-0.2, 0) is 0 Å². The molecule has 0 bridgehead atoms. The highest BCUT2D eigenvalue weighted by Gasteiger charge is 2.20. The first-order chi connectivity index (χ1) is 9.93. The van der Waals surface area contributed by atoms with Crippen LogP contribution < -0.4 is 10.9 Å². The van der Waals surface area contributed by atoms with Gasteiger partial charge in [0.15, 0.2) is 4.96 Å². The third kappa shape index (κ3) is 3.30. The Bertz CT molecular complexity index is 705. The minimum absolute atomic E-state index is 0.0108. The lowest BCUT2D eigenvalue weighted by Crippen LogP contribution is -2.41. The molecule has 1 atom stereocenters. The molecule has 0 saturated carbocycles. The molecule has 7 heteroatoms. The molecule has 2 aromatic rings. The lowest BCUT2D eigenvalue weighted by atomic mass is 10.0. The molecular formula is C14H19N3O3S. The van der Waals surface area contributed by atoms with Crippen LogP contribution in [0.1, 0.15) is 35.5 Å². The molecule has 6 nitrogen and oxygen atoms in total. The molecule has 0 spiro atoms. The van der Waals surface area contributed by atoms with Crippen LogP contribution in [0, 0.1) is 12.8 Å². The number of aryl methyl sites for hydroxylation is 1. The van der Waals surface area contributed by atoms with E-state index < -0.39 is 5.91 Å². The molecule has 0 aromatic carbocycles. The largest absolute Gasteiger partial charge is 0.396 e. The van der Waals surface area contributed by atoms with Crippen LogP contribution in [0.2, 0.25) is 0 Å². The number of aliphatic hydroxyl groups is 1. The normalized spacial score (nSPS) is 12.8. The monoisotopic (exact) mass is 309 g/mol. The van der Waals surface area contributed by atoms with Gasteiger partial charge in [0.05, 0.1) is 0 Å². The van der Waals surface area contributed by atoms with E-state index in [4.69, 9.17) is 5.11 Å². The first-order valence-electron chi connectivity index (χ1n) is 6.83. The number of nitrogens with one attached hydrogen (secondary N) is 1. The molecule has 0 fully saturated rings. The molecule has 1 unspecified atom stereocenters. The number of carbonyl (C=O) groups is 1. The van der Waals surface area contributed by atoms with Crippen LogP contribution in [0.25, 0.3) is 4.96 Å². The molecule has 114 valence electrons. The van der Waals surface area contributed by atoms with Crippen LogP contribution in [0.3, 0.4) is 0 Å². The number of aliphatic hydroxyl groups excluding tert-OH is 1.